The molecule has 5 rings (SSSR count). The number of nitrogens with zero attached hydrogens (tertiary/aromatic N) is 1. The van der Waals surface area contributed by atoms with Crippen LogP contribution in [0.15, 0.2) is 96.6 Å². The molecule has 6 heteroatoms. The second kappa shape index (κ2) is 10.4. The maximum absolute atomic E-state index is 13.4. The van der Waals surface area contributed by atoms with E-state index in [2.05, 4.69) is 13.8 Å². The van der Waals surface area contributed by atoms with Crippen LogP contribution in [0, 0.1) is 5.92 Å². The van der Waals surface area contributed by atoms with Crippen molar-refractivity contribution in [2.75, 3.05) is 6.61 Å². The minimum absolute atomic E-state index is 0.0212. The Bertz CT molecular complexity index is 1520. The molecular formula is C32H29NO5. The molecule has 0 aliphatic carbocycles. The van der Waals surface area contributed by atoms with E-state index in [9.17, 15) is 19.8 Å². The van der Waals surface area contributed by atoms with Crippen molar-refractivity contribution in [2.45, 2.75) is 26.4 Å². The quantitative estimate of drug-likeness (QED) is 0.177. The summed E-state index contributed by atoms with van der Waals surface area (Å²) in [6, 6.07) is 26.1. The molecule has 38 heavy (non-hydrogen) atoms. The van der Waals surface area contributed by atoms with E-state index in [1.54, 1.807) is 18.2 Å². The van der Waals surface area contributed by atoms with Crippen molar-refractivity contribution < 1.29 is 24.5 Å². The van der Waals surface area contributed by atoms with Crippen molar-refractivity contribution >= 4 is 28.2 Å². The highest BCUT2D eigenvalue weighted by molar-refractivity contribution is 6.46. The average molecular weight is 508 g/mol. The Kier molecular flexibility index (Phi) is 6.88. The molecule has 2 N–H and O–H groups in total. The molecule has 192 valence electrons. The van der Waals surface area contributed by atoms with Crippen molar-refractivity contribution in [1.29, 1.82) is 0 Å². The topological polar surface area (TPSA) is 87.1 Å². The number of benzene rings is 4. The summed E-state index contributed by atoms with van der Waals surface area (Å²) in [5.74, 6) is -0.467. The third-order valence-corrected chi connectivity index (χ3v) is 6.63. The fraction of sp³-hybridized carbons (Fsp3) is 0.188. The Hall–Kier alpha value is -4.58. The van der Waals surface area contributed by atoms with E-state index < -0.39 is 17.7 Å². The lowest BCUT2D eigenvalue weighted by atomic mass is 9.94. The van der Waals surface area contributed by atoms with Gasteiger partial charge in [0.25, 0.3) is 11.7 Å². The molecule has 1 aliphatic heterocycles. The number of aliphatic hydroxyl groups is 1. The summed E-state index contributed by atoms with van der Waals surface area (Å²) in [6.45, 7) is 4.91. The number of aliphatic hydroxyl groups excluding tert-OH is 1. The minimum atomic E-state index is -0.820. The lowest BCUT2D eigenvalue weighted by Crippen LogP contribution is -2.29. The molecule has 0 radical (unpaired) electrons. The molecule has 1 aliphatic rings. The lowest BCUT2D eigenvalue weighted by Gasteiger charge is -2.25. The smallest absolute Gasteiger partial charge is 0.295 e. The zero-order valence-electron chi connectivity index (χ0n) is 21.3. The van der Waals surface area contributed by atoms with E-state index in [0.717, 1.165) is 22.1 Å². The van der Waals surface area contributed by atoms with Crippen LogP contribution in [-0.4, -0.2) is 33.4 Å². The highest BCUT2D eigenvalue weighted by Crippen LogP contribution is 2.41. The van der Waals surface area contributed by atoms with E-state index in [4.69, 9.17) is 4.74 Å². The van der Waals surface area contributed by atoms with Crippen LogP contribution in [0.3, 0.4) is 0 Å². The fourth-order valence-electron chi connectivity index (χ4n) is 4.69. The van der Waals surface area contributed by atoms with E-state index in [1.807, 2.05) is 60.7 Å². The van der Waals surface area contributed by atoms with Crippen molar-refractivity contribution in [3.8, 4) is 11.5 Å². The number of hydrogen-bond acceptors (Lipinski definition) is 5. The number of phenols is 1. The van der Waals surface area contributed by atoms with Crippen LogP contribution < -0.4 is 4.74 Å². The summed E-state index contributed by atoms with van der Waals surface area (Å²) in [5, 5.41) is 23.1. The highest BCUT2D eigenvalue weighted by Gasteiger charge is 2.46. The van der Waals surface area contributed by atoms with Crippen LogP contribution in [0.1, 0.15) is 36.6 Å². The molecule has 1 saturated heterocycles. The highest BCUT2D eigenvalue weighted by atomic mass is 16.5. The second-order valence-corrected chi connectivity index (χ2v) is 9.93. The summed E-state index contributed by atoms with van der Waals surface area (Å²) in [5.41, 5.74) is 1.91. The second-order valence-electron chi connectivity index (χ2n) is 9.93. The third-order valence-electron chi connectivity index (χ3n) is 6.63. The Morgan fingerprint density at radius 2 is 1.58 bits per heavy atom. The van der Waals surface area contributed by atoms with Gasteiger partial charge < -0.3 is 19.8 Å². The van der Waals surface area contributed by atoms with Crippen LogP contribution in [0.4, 0.5) is 0 Å². The van der Waals surface area contributed by atoms with Crippen molar-refractivity contribution in [2.24, 2.45) is 5.92 Å². The van der Waals surface area contributed by atoms with Crippen molar-refractivity contribution in [1.82, 2.24) is 4.90 Å². The molecule has 6 nitrogen and oxygen atoms in total. The van der Waals surface area contributed by atoms with Crippen LogP contribution in [0.25, 0.3) is 16.5 Å². The van der Waals surface area contributed by atoms with E-state index >= 15 is 0 Å². The first-order chi connectivity index (χ1) is 18.3. The maximum atomic E-state index is 13.4. The van der Waals surface area contributed by atoms with Gasteiger partial charge in [0.05, 0.1) is 18.2 Å². The van der Waals surface area contributed by atoms with Gasteiger partial charge in [-0.3, -0.25) is 9.59 Å². The van der Waals surface area contributed by atoms with Crippen LogP contribution in [-0.2, 0) is 16.1 Å². The Morgan fingerprint density at radius 1 is 0.895 bits per heavy atom. The zero-order valence-corrected chi connectivity index (χ0v) is 21.3. The maximum Gasteiger partial charge on any atom is 0.295 e. The van der Waals surface area contributed by atoms with Gasteiger partial charge in [0.15, 0.2) is 0 Å². The van der Waals surface area contributed by atoms with Crippen molar-refractivity contribution in [3.05, 3.63) is 113 Å². The number of likely N-dealkylation sites (tertiary alicyclic amines) is 1. The number of amides is 1. The lowest BCUT2D eigenvalue weighted by molar-refractivity contribution is -0.140. The molecule has 1 amide bonds. The largest absolute Gasteiger partial charge is 0.508 e. The van der Waals surface area contributed by atoms with Gasteiger partial charge in [-0.25, -0.2) is 0 Å². The molecule has 0 saturated carbocycles. The van der Waals surface area contributed by atoms with E-state index in [1.165, 1.54) is 17.0 Å². The Balaban J connectivity index is 1.54. The molecule has 0 bridgehead atoms. The zero-order chi connectivity index (χ0) is 26.8. The number of phenolic OH excluding ortho intramolecular Hbond substituents is 1. The molecule has 0 aromatic heterocycles. The van der Waals surface area contributed by atoms with E-state index in [-0.39, 0.29) is 23.6 Å². The first-order valence-corrected chi connectivity index (χ1v) is 12.6. The first kappa shape index (κ1) is 25.1. The average Bonchev–Trinajstić information content (AvgIpc) is 3.17. The third kappa shape index (κ3) is 4.98. The first-order valence-electron chi connectivity index (χ1n) is 12.6. The molecule has 0 spiro atoms. The van der Waals surface area contributed by atoms with Gasteiger partial charge in [0.1, 0.15) is 17.3 Å². The summed E-state index contributed by atoms with van der Waals surface area (Å²) in [4.78, 5) is 28.1. The Labute approximate surface area is 221 Å². The molecule has 1 heterocycles. The summed E-state index contributed by atoms with van der Waals surface area (Å²) >= 11 is 0. The molecule has 4 aromatic rings. The predicted molar refractivity (Wildman–Crippen MR) is 147 cm³/mol. The number of ketones is 1. The standard InChI is InChI=1S/C32H29NO5/c1-20(2)19-38-27-15-7-21(8-16-27)18-33-29(23-11-13-26(34)14-12-23)28(31(36)32(33)37)30(35)25-10-9-22-5-3-4-6-24(22)17-25/h3-17,20,29,34-35H,18-19H2,1-2H3/b30-28-. The van der Waals surface area contributed by atoms with Gasteiger partial charge in [-0.2, -0.15) is 0 Å². The molecule has 1 atom stereocenters. The van der Waals surface area contributed by atoms with Gasteiger partial charge >= 0.3 is 0 Å². The number of aromatic hydroxyl groups is 1. The van der Waals surface area contributed by atoms with Gasteiger partial charge in [-0.15, -0.1) is 0 Å². The summed E-state index contributed by atoms with van der Waals surface area (Å²) in [6.07, 6.45) is 0. The fourth-order valence-corrected chi connectivity index (χ4v) is 4.69. The number of rotatable bonds is 7. The predicted octanol–water partition coefficient (Wildman–Crippen LogP) is 6.20. The van der Waals surface area contributed by atoms with E-state index in [0.29, 0.717) is 23.7 Å². The number of hydrogen-bond donors (Lipinski definition) is 2. The molecule has 4 aromatic carbocycles. The number of fused-ring (bicyclic) bond motifs is 1. The Morgan fingerprint density at radius 3 is 2.26 bits per heavy atom. The minimum Gasteiger partial charge on any atom is -0.508 e. The van der Waals surface area contributed by atoms with Crippen LogP contribution in [0.5, 0.6) is 11.5 Å². The van der Waals surface area contributed by atoms with Crippen LogP contribution in [0.2, 0.25) is 0 Å². The van der Waals surface area contributed by atoms with Gasteiger partial charge in [0, 0.05) is 12.1 Å². The number of carbonyl (C=O) groups excluding carboxylic acids is 2. The van der Waals surface area contributed by atoms with Gasteiger partial charge in [-0.05, 0) is 58.1 Å². The van der Waals surface area contributed by atoms with Crippen LogP contribution >= 0.6 is 0 Å². The van der Waals surface area contributed by atoms with Gasteiger partial charge in [0.2, 0.25) is 0 Å². The SMILES string of the molecule is CC(C)COc1ccc(CN2C(=O)C(=O)/C(=C(\O)c3ccc4ccccc4c3)C2c2ccc(O)cc2)cc1. The molecule has 1 fully saturated rings. The normalized spacial score (nSPS) is 16.9. The molecule has 1 unspecified atom stereocenters. The summed E-state index contributed by atoms with van der Waals surface area (Å²) < 4.78 is 5.76. The number of Topliss-reactive ketones (excluding diaryl/α,β-unsaturated/α-hetero) is 1. The number of ether oxygens (including phenoxy) is 1. The molecular weight excluding hydrogens is 478 g/mol. The van der Waals surface area contributed by atoms with Gasteiger partial charge in [-0.1, -0.05) is 74.5 Å². The number of carbonyl (C=O) groups is 2. The van der Waals surface area contributed by atoms with Crippen molar-refractivity contribution in [3.63, 3.8) is 0 Å². The summed E-state index contributed by atoms with van der Waals surface area (Å²) in [7, 11) is 0. The monoisotopic (exact) mass is 507 g/mol.